The van der Waals surface area contributed by atoms with Crippen LogP contribution in [-0.2, 0) is 4.79 Å². The van der Waals surface area contributed by atoms with E-state index in [9.17, 15) is 15.0 Å². The zero-order valence-corrected chi connectivity index (χ0v) is 25.2. The van der Waals surface area contributed by atoms with E-state index in [2.05, 4.69) is 54.5 Å². The van der Waals surface area contributed by atoms with Crippen LogP contribution in [0, 0.1) is 56.7 Å². The van der Waals surface area contributed by atoms with Crippen molar-refractivity contribution >= 4 is 5.97 Å². The number of carbonyl (C=O) groups excluding carboxylic acids is 1. The molecule has 34 heavy (non-hydrogen) atoms. The van der Waals surface area contributed by atoms with Gasteiger partial charge in [-0.2, -0.15) is 0 Å². The van der Waals surface area contributed by atoms with Gasteiger partial charge in [0, 0.05) is 11.4 Å². The van der Waals surface area contributed by atoms with Gasteiger partial charge in [0.1, 0.15) is 0 Å². The Hall–Kier alpha value is 0.170. The molecule has 0 bridgehead atoms. The van der Waals surface area contributed by atoms with Crippen LogP contribution in [0.1, 0.15) is 106 Å². The normalized spacial score (nSPS) is 53.7. The SMILES string of the molecule is C[C@@H]1CC[C@]2(C(=O)[O-])CC[C@]3(C)C(=CC[C@@H]4[C@@]5(C)CC[C@H](O)C(C)(C)[C@@H]5CC[C@]43C)C2[C@H]1C.[Na+]. The third kappa shape index (κ3) is 3.18. The molecule has 4 fully saturated rings. The number of hydrogen-bond acceptors (Lipinski definition) is 3. The molecular formula is C30H47NaO3. The predicted molar refractivity (Wildman–Crippen MR) is 130 cm³/mol. The molecule has 0 heterocycles. The van der Waals surface area contributed by atoms with E-state index in [0.29, 0.717) is 23.7 Å². The number of aliphatic hydroxyl groups is 1. The molecule has 5 aliphatic carbocycles. The van der Waals surface area contributed by atoms with Crippen molar-refractivity contribution in [2.24, 2.45) is 56.7 Å². The molecular weight excluding hydrogens is 431 g/mol. The Bertz CT molecular complexity index is 880. The number of carboxylic acid groups (broad SMARTS) is 1. The first kappa shape index (κ1) is 27.2. The van der Waals surface area contributed by atoms with E-state index in [0.717, 1.165) is 44.9 Å². The van der Waals surface area contributed by atoms with Crippen LogP contribution < -0.4 is 34.7 Å². The summed E-state index contributed by atoms with van der Waals surface area (Å²) in [6, 6.07) is 0. The van der Waals surface area contributed by atoms with E-state index in [1.54, 1.807) is 0 Å². The van der Waals surface area contributed by atoms with E-state index in [1.807, 2.05) is 0 Å². The summed E-state index contributed by atoms with van der Waals surface area (Å²) in [6.45, 7) is 16.8. The number of rotatable bonds is 1. The van der Waals surface area contributed by atoms with Gasteiger partial charge in [0.25, 0.3) is 0 Å². The van der Waals surface area contributed by atoms with Crippen molar-refractivity contribution in [3.05, 3.63) is 11.6 Å². The molecule has 0 aromatic rings. The molecule has 10 atom stereocenters. The van der Waals surface area contributed by atoms with Crippen LogP contribution in [0.25, 0.3) is 0 Å². The Morgan fingerprint density at radius 1 is 0.941 bits per heavy atom. The second-order valence-corrected chi connectivity index (χ2v) is 14.5. The Morgan fingerprint density at radius 2 is 1.62 bits per heavy atom. The number of allylic oxidation sites excluding steroid dienone is 2. The van der Waals surface area contributed by atoms with Gasteiger partial charge in [-0.3, -0.25) is 0 Å². The third-order valence-electron chi connectivity index (χ3n) is 13.4. The van der Waals surface area contributed by atoms with E-state index in [-0.39, 0.29) is 63.2 Å². The molecule has 0 saturated heterocycles. The zero-order chi connectivity index (χ0) is 24.2. The minimum absolute atomic E-state index is 0. The molecule has 3 nitrogen and oxygen atoms in total. The number of fused-ring (bicyclic) bond motifs is 7. The quantitative estimate of drug-likeness (QED) is 0.466. The smallest absolute Gasteiger partial charge is 0.550 e. The molecule has 0 spiro atoms. The van der Waals surface area contributed by atoms with Crippen molar-refractivity contribution in [3.8, 4) is 0 Å². The summed E-state index contributed by atoms with van der Waals surface area (Å²) in [6.07, 6.45) is 11.3. The van der Waals surface area contributed by atoms with Gasteiger partial charge in [-0.25, -0.2) is 0 Å². The van der Waals surface area contributed by atoms with Gasteiger partial charge in [0.2, 0.25) is 0 Å². The fourth-order valence-corrected chi connectivity index (χ4v) is 10.8. The van der Waals surface area contributed by atoms with Gasteiger partial charge in [-0.1, -0.05) is 60.1 Å². The molecule has 4 heteroatoms. The zero-order valence-electron chi connectivity index (χ0n) is 23.2. The first-order chi connectivity index (χ1) is 15.3. The van der Waals surface area contributed by atoms with Crippen molar-refractivity contribution < 1.29 is 44.6 Å². The van der Waals surface area contributed by atoms with E-state index < -0.39 is 11.4 Å². The van der Waals surface area contributed by atoms with Crippen molar-refractivity contribution in [3.63, 3.8) is 0 Å². The summed E-state index contributed by atoms with van der Waals surface area (Å²) in [7, 11) is 0. The third-order valence-corrected chi connectivity index (χ3v) is 13.4. The molecule has 1 N–H and O–H groups in total. The summed E-state index contributed by atoms with van der Waals surface area (Å²) < 4.78 is 0. The Balaban J connectivity index is 0.00000274. The fourth-order valence-electron chi connectivity index (χ4n) is 10.8. The molecule has 186 valence electrons. The molecule has 0 aromatic carbocycles. The molecule has 4 saturated carbocycles. The standard InChI is InChI=1S/C30H48O3.Na/c1-18-10-15-30(25(32)33)17-16-28(6)20(24(30)19(18)2)8-9-22-27(5)13-12-23(31)26(3,4)21(27)11-14-29(22,28)7;/h8,18-19,21-24,31H,9-17H2,1-7H3,(H,32,33);/q;+1/p-1/t18-,19+,21+,22-,23+,24?,27+,28-,29-,30+;/m1./s1. The van der Waals surface area contributed by atoms with E-state index in [4.69, 9.17) is 0 Å². The van der Waals surface area contributed by atoms with Crippen LogP contribution in [0.5, 0.6) is 0 Å². The molecule has 5 aliphatic rings. The van der Waals surface area contributed by atoms with Crippen LogP contribution in [0.15, 0.2) is 11.6 Å². The Kier molecular flexibility index (Phi) is 6.67. The molecule has 0 amide bonds. The largest absolute Gasteiger partial charge is 1.00 e. The monoisotopic (exact) mass is 478 g/mol. The van der Waals surface area contributed by atoms with E-state index in [1.165, 1.54) is 18.4 Å². The maximum Gasteiger partial charge on any atom is 1.00 e. The number of aliphatic carboxylic acids is 1. The first-order valence-corrected chi connectivity index (χ1v) is 13.9. The van der Waals surface area contributed by atoms with Gasteiger partial charge < -0.3 is 15.0 Å². The second-order valence-electron chi connectivity index (χ2n) is 14.5. The van der Waals surface area contributed by atoms with Gasteiger partial charge in [-0.05, 0) is 109 Å². The molecule has 1 unspecified atom stereocenters. The molecule has 0 radical (unpaired) electrons. The van der Waals surface area contributed by atoms with Crippen LogP contribution in [-0.4, -0.2) is 17.2 Å². The topological polar surface area (TPSA) is 60.4 Å². The summed E-state index contributed by atoms with van der Waals surface area (Å²) in [4.78, 5) is 12.7. The van der Waals surface area contributed by atoms with Crippen molar-refractivity contribution in [1.29, 1.82) is 0 Å². The van der Waals surface area contributed by atoms with Crippen LogP contribution in [0.3, 0.4) is 0 Å². The van der Waals surface area contributed by atoms with Gasteiger partial charge in [-0.15, -0.1) is 0 Å². The summed E-state index contributed by atoms with van der Waals surface area (Å²) in [5, 5.41) is 23.6. The van der Waals surface area contributed by atoms with Crippen LogP contribution in [0.4, 0.5) is 0 Å². The summed E-state index contributed by atoms with van der Waals surface area (Å²) >= 11 is 0. The maximum absolute atomic E-state index is 12.7. The van der Waals surface area contributed by atoms with Crippen LogP contribution in [0.2, 0.25) is 0 Å². The molecule has 0 aromatic heterocycles. The number of hydrogen-bond donors (Lipinski definition) is 1. The van der Waals surface area contributed by atoms with Crippen LogP contribution >= 0.6 is 0 Å². The average Bonchev–Trinajstić information content (AvgIpc) is 2.74. The van der Waals surface area contributed by atoms with Gasteiger partial charge >= 0.3 is 29.6 Å². The van der Waals surface area contributed by atoms with Crippen molar-refractivity contribution in [2.45, 2.75) is 112 Å². The van der Waals surface area contributed by atoms with E-state index >= 15 is 0 Å². The molecule has 0 aliphatic heterocycles. The minimum Gasteiger partial charge on any atom is -0.550 e. The molecule has 5 rings (SSSR count). The maximum atomic E-state index is 12.7. The minimum atomic E-state index is -0.792. The van der Waals surface area contributed by atoms with Crippen molar-refractivity contribution in [2.75, 3.05) is 0 Å². The first-order valence-electron chi connectivity index (χ1n) is 13.9. The number of carbonyl (C=O) groups is 1. The summed E-state index contributed by atoms with van der Waals surface area (Å²) in [5.41, 5.74) is 1.24. The van der Waals surface area contributed by atoms with Gasteiger partial charge in [0.05, 0.1) is 6.10 Å². The summed E-state index contributed by atoms with van der Waals surface area (Å²) in [5.74, 6) is 1.42. The number of aliphatic hydroxyl groups excluding tert-OH is 1. The second kappa shape index (κ2) is 8.34. The Morgan fingerprint density at radius 3 is 2.26 bits per heavy atom. The number of carboxylic acids is 1. The van der Waals surface area contributed by atoms with Crippen molar-refractivity contribution in [1.82, 2.24) is 0 Å². The average molecular weight is 479 g/mol. The Labute approximate surface area is 230 Å². The predicted octanol–water partition coefficient (Wildman–Crippen LogP) is 2.76. The fraction of sp³-hybridized carbons (Fsp3) is 0.900. The van der Waals surface area contributed by atoms with Gasteiger partial charge in [0.15, 0.2) is 0 Å².